The molecule has 0 fully saturated rings. The molecule has 18 heavy (non-hydrogen) atoms. The van der Waals surface area contributed by atoms with Gasteiger partial charge >= 0.3 is 0 Å². The number of hydrogen-bond donors (Lipinski definition) is 1. The maximum atomic E-state index is 11.8. The second-order valence-corrected chi connectivity index (χ2v) is 3.84. The minimum atomic E-state index is 0.0259. The Morgan fingerprint density at radius 3 is 2.61 bits per heavy atom. The minimum Gasteiger partial charge on any atom is -0.378 e. The molecular weight excluding hydrogens is 224 g/mol. The summed E-state index contributed by atoms with van der Waals surface area (Å²) >= 11 is 0. The van der Waals surface area contributed by atoms with E-state index in [4.69, 9.17) is 5.26 Å². The first-order valence-electron chi connectivity index (χ1n) is 5.62. The van der Waals surface area contributed by atoms with Crippen molar-refractivity contribution in [3.63, 3.8) is 0 Å². The maximum absolute atomic E-state index is 11.8. The number of nitrogens with one attached hydrogen (secondary N) is 1. The van der Waals surface area contributed by atoms with E-state index in [0.29, 0.717) is 11.1 Å². The molecule has 3 heteroatoms. The van der Waals surface area contributed by atoms with Gasteiger partial charge in [0.2, 0.25) is 0 Å². The number of Topliss-reactive ketones (excluding diaryl/α,β-unsaturated/α-hetero) is 1. The summed E-state index contributed by atoms with van der Waals surface area (Å²) in [5.41, 5.74) is 2.03. The number of ketones is 1. The van der Waals surface area contributed by atoms with Crippen molar-refractivity contribution >= 4 is 11.5 Å². The zero-order chi connectivity index (χ0) is 12.8. The second-order valence-electron chi connectivity index (χ2n) is 3.84. The molecule has 0 saturated carbocycles. The topological polar surface area (TPSA) is 52.9 Å². The third kappa shape index (κ3) is 2.96. The Hall–Kier alpha value is -2.60. The van der Waals surface area contributed by atoms with Crippen LogP contribution in [0, 0.1) is 11.3 Å². The quantitative estimate of drug-likeness (QED) is 0.830. The summed E-state index contributed by atoms with van der Waals surface area (Å²) in [6, 6.07) is 18.3. The molecular formula is C15H12N2O. The van der Waals surface area contributed by atoms with Crippen molar-refractivity contribution in [3.05, 3.63) is 65.7 Å². The molecule has 0 aromatic heterocycles. The summed E-state index contributed by atoms with van der Waals surface area (Å²) in [5, 5.41) is 11.8. The lowest BCUT2D eigenvalue weighted by molar-refractivity contribution is 0.101. The molecule has 0 bridgehead atoms. The number of carbonyl (C=O) groups is 1. The van der Waals surface area contributed by atoms with Gasteiger partial charge in [-0.25, -0.2) is 0 Å². The van der Waals surface area contributed by atoms with Crippen LogP contribution in [0.5, 0.6) is 0 Å². The fourth-order valence-corrected chi connectivity index (χ4v) is 1.61. The van der Waals surface area contributed by atoms with E-state index in [0.717, 1.165) is 5.69 Å². The van der Waals surface area contributed by atoms with Gasteiger partial charge in [-0.2, -0.15) is 5.26 Å². The first-order chi connectivity index (χ1) is 8.79. The average molecular weight is 236 g/mol. The molecule has 2 aromatic carbocycles. The van der Waals surface area contributed by atoms with Gasteiger partial charge in [0.15, 0.2) is 5.78 Å². The van der Waals surface area contributed by atoms with Crippen molar-refractivity contribution in [2.75, 3.05) is 11.9 Å². The lowest BCUT2D eigenvalue weighted by atomic mass is 10.1. The Labute approximate surface area is 106 Å². The summed E-state index contributed by atoms with van der Waals surface area (Å²) in [5.74, 6) is 0.0259. The first kappa shape index (κ1) is 11.9. The predicted octanol–water partition coefficient (Wildman–Crippen LogP) is 2.85. The van der Waals surface area contributed by atoms with E-state index in [9.17, 15) is 4.79 Å². The van der Waals surface area contributed by atoms with Crippen molar-refractivity contribution < 1.29 is 4.79 Å². The number of benzene rings is 2. The molecule has 3 nitrogen and oxygen atoms in total. The number of nitrogens with zero attached hydrogens (tertiary/aromatic N) is 1. The molecule has 88 valence electrons. The summed E-state index contributed by atoms with van der Waals surface area (Å²) in [4.78, 5) is 11.8. The van der Waals surface area contributed by atoms with Gasteiger partial charge in [0.25, 0.3) is 0 Å². The zero-order valence-corrected chi connectivity index (χ0v) is 9.76. The molecule has 0 aliphatic heterocycles. The zero-order valence-electron chi connectivity index (χ0n) is 9.76. The first-order valence-corrected chi connectivity index (χ1v) is 5.62. The van der Waals surface area contributed by atoms with Crippen molar-refractivity contribution in [2.24, 2.45) is 0 Å². The smallest absolute Gasteiger partial charge is 0.181 e. The molecule has 1 N–H and O–H groups in total. The van der Waals surface area contributed by atoms with Crippen molar-refractivity contribution in [1.29, 1.82) is 5.26 Å². The highest BCUT2D eigenvalue weighted by molar-refractivity contribution is 5.98. The molecule has 0 spiro atoms. The van der Waals surface area contributed by atoms with Gasteiger partial charge in [0.05, 0.1) is 18.2 Å². The summed E-state index contributed by atoms with van der Waals surface area (Å²) in [7, 11) is 0. The van der Waals surface area contributed by atoms with Crippen molar-refractivity contribution in [1.82, 2.24) is 0 Å². The number of nitriles is 1. The van der Waals surface area contributed by atoms with Crippen molar-refractivity contribution in [2.45, 2.75) is 0 Å². The lowest BCUT2D eigenvalue weighted by Crippen LogP contribution is -2.13. The SMILES string of the molecule is N#Cc1cccc(NCC(=O)c2ccccc2)c1. The van der Waals surface area contributed by atoms with Crippen LogP contribution in [0.25, 0.3) is 0 Å². The third-order valence-electron chi connectivity index (χ3n) is 2.54. The second kappa shape index (κ2) is 5.65. The molecule has 2 aromatic rings. The summed E-state index contributed by atoms with van der Waals surface area (Å²) < 4.78 is 0. The van der Waals surface area contributed by atoms with Gasteiger partial charge in [-0.1, -0.05) is 36.4 Å². The maximum Gasteiger partial charge on any atom is 0.181 e. The van der Waals surface area contributed by atoms with Crippen LogP contribution in [0.1, 0.15) is 15.9 Å². The fourth-order valence-electron chi connectivity index (χ4n) is 1.61. The minimum absolute atomic E-state index is 0.0259. The van der Waals surface area contributed by atoms with Crippen LogP contribution in [0.2, 0.25) is 0 Å². The Balaban J connectivity index is 2.00. The molecule has 0 amide bonds. The highest BCUT2D eigenvalue weighted by Crippen LogP contribution is 2.10. The third-order valence-corrected chi connectivity index (χ3v) is 2.54. The van der Waals surface area contributed by atoms with Gasteiger partial charge in [0.1, 0.15) is 0 Å². The van der Waals surface area contributed by atoms with Crippen LogP contribution in [0.15, 0.2) is 54.6 Å². The molecule has 0 aliphatic carbocycles. The molecule has 0 aliphatic rings. The van der Waals surface area contributed by atoms with Gasteiger partial charge < -0.3 is 5.32 Å². The number of rotatable bonds is 4. The lowest BCUT2D eigenvalue weighted by Gasteiger charge is -2.05. The van der Waals surface area contributed by atoms with E-state index in [2.05, 4.69) is 11.4 Å². The van der Waals surface area contributed by atoms with E-state index in [1.54, 1.807) is 30.3 Å². The van der Waals surface area contributed by atoms with Gasteiger partial charge in [-0.3, -0.25) is 4.79 Å². The molecule has 0 saturated heterocycles. The predicted molar refractivity (Wildman–Crippen MR) is 70.4 cm³/mol. The number of carbonyl (C=O) groups excluding carboxylic acids is 1. The molecule has 2 rings (SSSR count). The van der Waals surface area contributed by atoms with Crippen LogP contribution in [0.3, 0.4) is 0 Å². The van der Waals surface area contributed by atoms with Crippen LogP contribution in [0.4, 0.5) is 5.69 Å². The highest BCUT2D eigenvalue weighted by atomic mass is 16.1. The van der Waals surface area contributed by atoms with Crippen molar-refractivity contribution in [3.8, 4) is 6.07 Å². The van der Waals surface area contributed by atoms with E-state index < -0.39 is 0 Å². The summed E-state index contributed by atoms with van der Waals surface area (Å²) in [6.07, 6.45) is 0. The van der Waals surface area contributed by atoms with Gasteiger partial charge in [0, 0.05) is 11.3 Å². The Bertz CT molecular complexity index is 585. The summed E-state index contributed by atoms with van der Waals surface area (Å²) in [6.45, 7) is 0.221. The van der Waals surface area contributed by atoms with E-state index >= 15 is 0 Å². The largest absolute Gasteiger partial charge is 0.378 e. The number of hydrogen-bond acceptors (Lipinski definition) is 3. The van der Waals surface area contributed by atoms with E-state index in [1.807, 2.05) is 24.3 Å². The monoisotopic (exact) mass is 236 g/mol. The van der Waals surface area contributed by atoms with Crippen LogP contribution in [-0.2, 0) is 0 Å². The average Bonchev–Trinajstić information content (AvgIpc) is 2.46. The van der Waals surface area contributed by atoms with Crippen LogP contribution >= 0.6 is 0 Å². The van der Waals surface area contributed by atoms with Crippen LogP contribution in [-0.4, -0.2) is 12.3 Å². The molecule has 0 unspecified atom stereocenters. The standard InChI is InChI=1S/C15H12N2O/c16-10-12-5-4-8-14(9-12)17-11-15(18)13-6-2-1-3-7-13/h1-9,17H,11H2. The Kier molecular flexibility index (Phi) is 3.72. The Morgan fingerprint density at radius 2 is 1.89 bits per heavy atom. The Morgan fingerprint density at radius 1 is 1.11 bits per heavy atom. The van der Waals surface area contributed by atoms with Crippen LogP contribution < -0.4 is 5.32 Å². The molecule has 0 heterocycles. The molecule has 0 radical (unpaired) electrons. The normalized spacial score (nSPS) is 9.50. The van der Waals surface area contributed by atoms with Gasteiger partial charge in [-0.05, 0) is 18.2 Å². The highest BCUT2D eigenvalue weighted by Gasteiger charge is 2.04. The van der Waals surface area contributed by atoms with E-state index in [1.165, 1.54) is 0 Å². The van der Waals surface area contributed by atoms with E-state index in [-0.39, 0.29) is 12.3 Å². The molecule has 0 atom stereocenters. The fraction of sp³-hybridized carbons (Fsp3) is 0.0667. The van der Waals surface area contributed by atoms with Gasteiger partial charge in [-0.15, -0.1) is 0 Å². The number of anilines is 1.